The van der Waals surface area contributed by atoms with Gasteiger partial charge in [-0.1, -0.05) is 0 Å². The Kier molecular flexibility index (Phi) is 4.09. The van der Waals surface area contributed by atoms with Crippen molar-refractivity contribution in [1.29, 1.82) is 0 Å². The van der Waals surface area contributed by atoms with Gasteiger partial charge in [0.2, 0.25) is 0 Å². The summed E-state index contributed by atoms with van der Waals surface area (Å²) in [4.78, 5) is 0. The zero-order valence-corrected chi connectivity index (χ0v) is 5.29. The van der Waals surface area contributed by atoms with Gasteiger partial charge in [0.15, 0.2) is 0 Å². The molecule has 0 amide bonds. The van der Waals surface area contributed by atoms with Crippen LogP contribution in [0.2, 0.25) is 0 Å². The maximum atomic E-state index is 9.35. The van der Waals surface area contributed by atoms with Gasteiger partial charge < -0.3 is 0 Å². The number of rotatable bonds is 2. The Hall–Kier alpha value is 0.563. The summed E-state index contributed by atoms with van der Waals surface area (Å²) in [5, 5.41) is 15.4. The Morgan fingerprint density at radius 1 is 1.67 bits per heavy atom. The first-order chi connectivity index (χ1) is 2.77. The van der Waals surface area contributed by atoms with E-state index >= 15 is 0 Å². The number of hydrogen-bond donors (Lipinski definition) is 2. The monoisotopic (exact) mass is 198 g/mol. The van der Waals surface area contributed by atoms with Crippen molar-refractivity contribution in [3.8, 4) is 0 Å². The minimum absolute atomic E-state index is 1.85. The normalized spacial score (nSPS) is 7.67. The Morgan fingerprint density at radius 3 is 2.17 bits per heavy atom. The molecule has 0 aliphatic rings. The third kappa shape index (κ3) is 4.56. The standard InChI is InChI=1S/BH2O3.O.Sb/c2-1(3)4;;/h2-3H;;/q-1;;+1. The van der Waals surface area contributed by atoms with Gasteiger partial charge in [0.1, 0.15) is 0 Å². The molecule has 0 aliphatic heterocycles. The van der Waals surface area contributed by atoms with Crippen LogP contribution < -0.4 is 0 Å². The molecule has 0 aromatic carbocycles. The first-order valence-corrected chi connectivity index (χ1v) is 3.20. The summed E-state index contributed by atoms with van der Waals surface area (Å²) >= 11 is -1.96. The fraction of sp³-hybridized carbons (Fsp3) is 0. The van der Waals surface area contributed by atoms with Gasteiger partial charge in [-0.05, 0) is 0 Å². The third-order valence-electron chi connectivity index (χ3n) is 0.137. The molecule has 0 bridgehead atoms. The summed E-state index contributed by atoms with van der Waals surface area (Å²) in [5.41, 5.74) is 0. The molecular weight excluding hydrogens is 197 g/mol. The van der Waals surface area contributed by atoms with Gasteiger partial charge in [0.05, 0.1) is 0 Å². The zero-order valence-electron chi connectivity index (χ0n) is 2.74. The molecular formula is H2BO4Sb. The third-order valence-corrected chi connectivity index (χ3v) is 0.921. The molecule has 2 N–H and O–H groups in total. The van der Waals surface area contributed by atoms with Gasteiger partial charge in [-0.15, -0.1) is 0 Å². The molecule has 0 fully saturated rings. The van der Waals surface area contributed by atoms with Crippen LogP contribution in [0.25, 0.3) is 0 Å². The molecule has 0 aromatic heterocycles. The fourth-order valence-electron chi connectivity index (χ4n) is 0.0385. The summed E-state index contributed by atoms with van der Waals surface area (Å²) in [6, 6.07) is 0. The molecule has 0 radical (unpaired) electrons. The van der Waals surface area contributed by atoms with E-state index in [1.54, 1.807) is 0 Å². The van der Waals surface area contributed by atoms with Crippen LogP contribution in [0, 0.1) is 0 Å². The second-order valence-electron chi connectivity index (χ2n) is 0.506. The summed E-state index contributed by atoms with van der Waals surface area (Å²) in [7, 11) is -1.85. The molecule has 6 heteroatoms. The van der Waals surface area contributed by atoms with E-state index in [1.165, 1.54) is 0 Å². The first-order valence-electron chi connectivity index (χ1n) is 1.12. The second kappa shape index (κ2) is 3.74. The Morgan fingerprint density at radius 2 is 2.17 bits per heavy atom. The van der Waals surface area contributed by atoms with Crippen LogP contribution in [0.15, 0.2) is 0 Å². The van der Waals surface area contributed by atoms with Crippen molar-refractivity contribution in [2.24, 2.45) is 0 Å². The van der Waals surface area contributed by atoms with E-state index in [1.807, 2.05) is 0 Å². The summed E-state index contributed by atoms with van der Waals surface area (Å²) in [5.74, 6) is 0. The molecule has 0 unspecified atom stereocenters. The average Bonchev–Trinajstić information content (AvgIpc) is 1.35. The fourth-order valence-corrected chi connectivity index (χ4v) is 0.258. The van der Waals surface area contributed by atoms with Gasteiger partial charge in [-0.25, -0.2) is 0 Å². The van der Waals surface area contributed by atoms with E-state index in [-0.39, 0.29) is 0 Å². The topological polar surface area (TPSA) is 66.8 Å². The molecule has 0 rings (SSSR count). The van der Waals surface area contributed by atoms with Crippen LogP contribution in [0.1, 0.15) is 0 Å². The van der Waals surface area contributed by atoms with Crippen LogP contribution in [0.3, 0.4) is 0 Å². The molecule has 6 heavy (non-hydrogen) atoms. The molecule has 0 saturated carbocycles. The van der Waals surface area contributed by atoms with Gasteiger partial charge in [-0.2, -0.15) is 0 Å². The van der Waals surface area contributed by atoms with Crippen LogP contribution in [0.4, 0.5) is 0 Å². The van der Waals surface area contributed by atoms with Gasteiger partial charge >= 0.3 is 45.3 Å². The minimum atomic E-state index is -1.96. The Balaban J connectivity index is 2.81. The van der Waals surface area contributed by atoms with E-state index < -0.39 is 29.3 Å². The van der Waals surface area contributed by atoms with Crippen molar-refractivity contribution in [3.05, 3.63) is 0 Å². The van der Waals surface area contributed by atoms with Crippen molar-refractivity contribution in [3.63, 3.8) is 0 Å². The molecule has 34 valence electrons. The van der Waals surface area contributed by atoms with E-state index in [9.17, 15) is 3.02 Å². The zero-order chi connectivity index (χ0) is 4.99. The molecule has 0 aromatic rings. The van der Waals surface area contributed by atoms with Crippen molar-refractivity contribution >= 4 is 29.3 Å². The predicted molar refractivity (Wildman–Crippen MR) is 17.7 cm³/mol. The van der Waals surface area contributed by atoms with Crippen molar-refractivity contribution in [2.45, 2.75) is 0 Å². The second-order valence-corrected chi connectivity index (χ2v) is 1.53. The van der Waals surface area contributed by atoms with Crippen LogP contribution in [-0.4, -0.2) is 39.4 Å². The molecule has 4 nitrogen and oxygen atoms in total. The number of hydrogen-bond acceptors (Lipinski definition) is 4. The quantitative estimate of drug-likeness (QED) is 0.501. The summed E-state index contributed by atoms with van der Waals surface area (Å²) < 4.78 is 13.1. The van der Waals surface area contributed by atoms with Gasteiger partial charge in [-0.3, -0.25) is 0 Å². The van der Waals surface area contributed by atoms with Crippen molar-refractivity contribution in [1.82, 2.24) is 0 Å². The van der Waals surface area contributed by atoms with Crippen LogP contribution >= 0.6 is 0 Å². The van der Waals surface area contributed by atoms with Gasteiger partial charge in [0, 0.05) is 0 Å². The predicted octanol–water partition coefficient (Wildman–Crippen LogP) is -2.06. The summed E-state index contributed by atoms with van der Waals surface area (Å²) in [6.07, 6.45) is 0. The van der Waals surface area contributed by atoms with Crippen LogP contribution in [0.5, 0.6) is 0 Å². The summed E-state index contributed by atoms with van der Waals surface area (Å²) in [6.45, 7) is 0. The van der Waals surface area contributed by atoms with E-state index in [4.69, 9.17) is 10.0 Å². The van der Waals surface area contributed by atoms with E-state index in [0.29, 0.717) is 0 Å². The van der Waals surface area contributed by atoms with E-state index in [0.717, 1.165) is 0 Å². The molecule has 0 aliphatic carbocycles. The molecule has 0 saturated heterocycles. The van der Waals surface area contributed by atoms with Crippen molar-refractivity contribution in [2.75, 3.05) is 0 Å². The van der Waals surface area contributed by atoms with Gasteiger partial charge in [0.25, 0.3) is 0 Å². The van der Waals surface area contributed by atoms with Crippen molar-refractivity contribution < 1.29 is 16.0 Å². The SMILES string of the molecule is [O]=[Sb][O]B(O)O. The Labute approximate surface area is 45.8 Å². The Bertz CT molecular complexity index is 42.8. The van der Waals surface area contributed by atoms with Crippen LogP contribution in [-0.2, 0) is 5.95 Å². The molecule has 0 spiro atoms. The maximum absolute atomic E-state index is 9.35. The molecule has 0 heterocycles. The first kappa shape index (κ1) is 6.56. The molecule has 0 atom stereocenters. The average molecular weight is 199 g/mol. The van der Waals surface area contributed by atoms with E-state index in [2.05, 4.69) is 2.93 Å².